The lowest BCUT2D eigenvalue weighted by Crippen LogP contribution is -2.32. The van der Waals surface area contributed by atoms with Gasteiger partial charge in [0, 0.05) is 5.56 Å². The van der Waals surface area contributed by atoms with Gasteiger partial charge in [-0.2, -0.15) is 9.67 Å². The second kappa shape index (κ2) is 7.34. The molecule has 1 aromatic heterocycles. The smallest absolute Gasteiger partial charge is 0.268 e. The summed E-state index contributed by atoms with van der Waals surface area (Å²) >= 11 is 0. The summed E-state index contributed by atoms with van der Waals surface area (Å²) in [5, 5.41) is 6.98. The van der Waals surface area contributed by atoms with Crippen LogP contribution in [-0.2, 0) is 0 Å². The Morgan fingerprint density at radius 1 is 0.742 bits per heavy atom. The van der Waals surface area contributed by atoms with E-state index in [-0.39, 0.29) is 11.9 Å². The van der Waals surface area contributed by atoms with E-state index in [1.54, 1.807) is 78.9 Å². The van der Waals surface area contributed by atoms with Crippen LogP contribution in [0.5, 0.6) is 0 Å². The van der Waals surface area contributed by atoms with Crippen LogP contribution in [0.3, 0.4) is 0 Å². The Balaban J connectivity index is 1.58. The van der Waals surface area contributed by atoms with E-state index in [1.807, 2.05) is 6.07 Å². The third kappa shape index (κ3) is 3.16. The molecule has 0 atom stereocenters. The second-order valence-corrected chi connectivity index (χ2v) is 6.79. The number of carbonyl (C=O) groups is 3. The van der Waals surface area contributed by atoms with E-state index in [0.717, 1.165) is 4.90 Å². The minimum atomic E-state index is -0.494. The van der Waals surface area contributed by atoms with Gasteiger partial charge in [0.15, 0.2) is 0 Å². The average Bonchev–Trinajstić information content (AvgIpc) is 3.33. The van der Waals surface area contributed by atoms with Crippen molar-refractivity contribution in [3.05, 3.63) is 102 Å². The maximum Gasteiger partial charge on any atom is 0.268 e. The maximum atomic E-state index is 13.0. The predicted molar refractivity (Wildman–Crippen MR) is 113 cm³/mol. The van der Waals surface area contributed by atoms with Crippen LogP contribution < -0.4 is 10.2 Å². The molecular formula is C23H15N5O3. The molecule has 0 radical (unpaired) electrons. The molecular weight excluding hydrogens is 394 g/mol. The molecule has 8 heteroatoms. The van der Waals surface area contributed by atoms with Crippen LogP contribution in [-0.4, -0.2) is 32.5 Å². The predicted octanol–water partition coefficient (Wildman–Crippen LogP) is 3.32. The summed E-state index contributed by atoms with van der Waals surface area (Å²) in [6.07, 6.45) is 0. The number of hydrogen-bond donors (Lipinski definition) is 1. The Morgan fingerprint density at radius 3 is 1.90 bits per heavy atom. The van der Waals surface area contributed by atoms with Crippen molar-refractivity contribution in [3.63, 3.8) is 0 Å². The molecule has 2 heterocycles. The van der Waals surface area contributed by atoms with Gasteiger partial charge in [-0.15, -0.1) is 5.10 Å². The number of carbonyl (C=O) groups excluding carboxylic acids is 3. The summed E-state index contributed by atoms with van der Waals surface area (Å²) in [7, 11) is 0. The lowest BCUT2D eigenvalue weighted by atomic mass is 10.1. The fraction of sp³-hybridized carbons (Fsp3) is 0. The Bertz CT molecular complexity index is 1280. The average molecular weight is 409 g/mol. The number of imide groups is 1. The standard InChI is InChI=1S/C23H15N5O3/c29-19(15-9-3-1-4-10-15)24-22-25-23(28(26-22)16-11-5-2-6-12-16)27-20(30)17-13-7-8-14-18(17)21(27)31/h1-14H,(H,24,26,29). The molecule has 0 saturated carbocycles. The van der Waals surface area contributed by atoms with Crippen LogP contribution in [0.4, 0.5) is 11.9 Å². The topological polar surface area (TPSA) is 97.2 Å². The zero-order valence-electron chi connectivity index (χ0n) is 16.1. The summed E-state index contributed by atoms with van der Waals surface area (Å²) in [6.45, 7) is 0. The number of hydrogen-bond acceptors (Lipinski definition) is 5. The number of aromatic nitrogens is 3. The fourth-order valence-electron chi connectivity index (χ4n) is 3.38. The van der Waals surface area contributed by atoms with E-state index in [9.17, 15) is 14.4 Å². The van der Waals surface area contributed by atoms with Crippen LogP contribution in [0.1, 0.15) is 31.1 Å². The van der Waals surface area contributed by atoms with E-state index in [2.05, 4.69) is 15.4 Å². The molecule has 0 bridgehead atoms. The molecule has 4 aromatic rings. The van der Waals surface area contributed by atoms with Gasteiger partial charge < -0.3 is 0 Å². The zero-order valence-corrected chi connectivity index (χ0v) is 16.1. The highest BCUT2D eigenvalue weighted by Gasteiger charge is 2.39. The number of rotatable bonds is 4. The minimum Gasteiger partial charge on any atom is -0.289 e. The van der Waals surface area contributed by atoms with Crippen molar-refractivity contribution in [2.24, 2.45) is 0 Å². The highest BCUT2D eigenvalue weighted by atomic mass is 16.2. The summed E-state index contributed by atoms with van der Waals surface area (Å²) in [6, 6.07) is 24.2. The first-order valence-electron chi connectivity index (χ1n) is 9.50. The summed E-state index contributed by atoms with van der Waals surface area (Å²) in [5.41, 5.74) is 1.61. The second-order valence-electron chi connectivity index (χ2n) is 6.79. The molecule has 3 aromatic carbocycles. The number of amides is 3. The number of anilines is 2. The molecule has 1 aliphatic heterocycles. The first-order valence-corrected chi connectivity index (χ1v) is 9.50. The SMILES string of the molecule is O=C(Nc1nc(N2C(=O)c3ccccc3C2=O)n(-c2ccccc2)n1)c1ccccc1. The summed E-state index contributed by atoms with van der Waals surface area (Å²) in [5.74, 6) is -1.41. The van der Waals surface area contributed by atoms with Gasteiger partial charge in [0.1, 0.15) is 0 Å². The van der Waals surface area contributed by atoms with Gasteiger partial charge in [-0.25, -0.2) is 4.90 Å². The van der Waals surface area contributed by atoms with Crippen molar-refractivity contribution in [1.82, 2.24) is 14.8 Å². The van der Waals surface area contributed by atoms with Crippen molar-refractivity contribution in [3.8, 4) is 5.69 Å². The highest BCUT2D eigenvalue weighted by Crippen LogP contribution is 2.29. The van der Waals surface area contributed by atoms with E-state index in [0.29, 0.717) is 22.4 Å². The number of para-hydroxylation sites is 1. The van der Waals surface area contributed by atoms with Gasteiger partial charge in [-0.1, -0.05) is 48.5 Å². The monoisotopic (exact) mass is 409 g/mol. The first-order chi connectivity index (χ1) is 15.1. The van der Waals surface area contributed by atoms with E-state index < -0.39 is 17.7 Å². The minimum absolute atomic E-state index is 0.000705. The Labute approximate surface area is 176 Å². The van der Waals surface area contributed by atoms with Gasteiger partial charge in [-0.3, -0.25) is 19.7 Å². The van der Waals surface area contributed by atoms with Crippen LogP contribution in [0, 0.1) is 0 Å². The largest absolute Gasteiger partial charge is 0.289 e. The van der Waals surface area contributed by atoms with Crippen LogP contribution >= 0.6 is 0 Å². The van der Waals surface area contributed by atoms with Gasteiger partial charge >= 0.3 is 0 Å². The lowest BCUT2D eigenvalue weighted by Gasteiger charge is -2.13. The molecule has 0 spiro atoms. The quantitative estimate of drug-likeness (QED) is 0.522. The van der Waals surface area contributed by atoms with Crippen LogP contribution in [0.25, 0.3) is 5.69 Å². The van der Waals surface area contributed by atoms with Gasteiger partial charge in [-0.05, 0) is 36.4 Å². The van der Waals surface area contributed by atoms with Gasteiger partial charge in [0.2, 0.25) is 5.95 Å². The number of benzene rings is 3. The normalized spacial score (nSPS) is 12.7. The first kappa shape index (κ1) is 18.4. The molecule has 0 unspecified atom stereocenters. The molecule has 1 N–H and O–H groups in total. The van der Waals surface area contributed by atoms with Crippen LogP contribution in [0.15, 0.2) is 84.9 Å². The van der Waals surface area contributed by atoms with E-state index in [4.69, 9.17) is 0 Å². The van der Waals surface area contributed by atoms with Crippen molar-refractivity contribution in [2.45, 2.75) is 0 Å². The van der Waals surface area contributed by atoms with Crippen molar-refractivity contribution in [2.75, 3.05) is 10.2 Å². The van der Waals surface area contributed by atoms with Crippen molar-refractivity contribution in [1.29, 1.82) is 0 Å². The summed E-state index contributed by atoms with van der Waals surface area (Å²) < 4.78 is 1.36. The molecule has 3 amide bonds. The molecule has 1 aliphatic rings. The molecule has 5 rings (SSSR count). The van der Waals surface area contributed by atoms with E-state index in [1.165, 1.54) is 4.68 Å². The highest BCUT2D eigenvalue weighted by molar-refractivity contribution is 6.34. The van der Waals surface area contributed by atoms with E-state index >= 15 is 0 Å². The zero-order chi connectivity index (χ0) is 21.4. The number of fused-ring (bicyclic) bond motifs is 1. The Morgan fingerprint density at radius 2 is 1.29 bits per heavy atom. The van der Waals surface area contributed by atoms with Crippen LogP contribution in [0.2, 0.25) is 0 Å². The molecule has 8 nitrogen and oxygen atoms in total. The molecule has 31 heavy (non-hydrogen) atoms. The Hall–Kier alpha value is -4.59. The summed E-state index contributed by atoms with van der Waals surface area (Å²) in [4.78, 5) is 43.8. The third-order valence-corrected chi connectivity index (χ3v) is 4.85. The van der Waals surface area contributed by atoms with Gasteiger partial charge in [0.05, 0.1) is 16.8 Å². The van der Waals surface area contributed by atoms with Crippen molar-refractivity contribution < 1.29 is 14.4 Å². The molecule has 150 valence electrons. The molecule has 0 fully saturated rings. The third-order valence-electron chi connectivity index (χ3n) is 4.85. The van der Waals surface area contributed by atoms with Gasteiger partial charge in [0.25, 0.3) is 23.7 Å². The maximum absolute atomic E-state index is 13.0. The number of nitrogens with zero attached hydrogens (tertiary/aromatic N) is 4. The molecule has 0 saturated heterocycles. The Kier molecular flexibility index (Phi) is 4.37. The molecule has 0 aliphatic carbocycles. The number of nitrogens with one attached hydrogen (secondary N) is 1. The lowest BCUT2D eigenvalue weighted by molar-refractivity contribution is 0.0922. The van der Waals surface area contributed by atoms with Crippen molar-refractivity contribution >= 4 is 29.6 Å². The fourth-order valence-corrected chi connectivity index (χ4v) is 3.38.